The molecular formula is C19H29N3O3. The molecule has 2 aliphatic heterocycles. The number of aryl methyl sites for hydroxylation is 1. The van der Waals surface area contributed by atoms with Crippen molar-refractivity contribution >= 4 is 11.8 Å². The van der Waals surface area contributed by atoms with Crippen molar-refractivity contribution in [2.75, 3.05) is 38.2 Å². The minimum absolute atomic E-state index is 0.146. The van der Waals surface area contributed by atoms with Crippen LogP contribution in [-0.2, 0) is 4.74 Å². The Balaban J connectivity index is 1.68. The smallest absolute Gasteiger partial charge is 0.410 e. The molecule has 0 aromatic carbocycles. The number of ether oxygens (including phenoxy) is 2. The van der Waals surface area contributed by atoms with Gasteiger partial charge in [0.25, 0.3) is 0 Å². The van der Waals surface area contributed by atoms with Crippen LogP contribution in [0.2, 0.25) is 0 Å². The third kappa shape index (κ3) is 3.83. The maximum Gasteiger partial charge on any atom is 0.410 e. The molecule has 0 aliphatic carbocycles. The third-order valence-electron chi connectivity index (χ3n) is 5.04. The number of anilines is 1. The van der Waals surface area contributed by atoms with Gasteiger partial charge in [0, 0.05) is 37.3 Å². The lowest BCUT2D eigenvalue weighted by atomic mass is 9.86. The number of rotatable bonds is 2. The molecule has 1 spiro atoms. The first-order chi connectivity index (χ1) is 11.7. The van der Waals surface area contributed by atoms with Gasteiger partial charge in [0.05, 0.1) is 12.8 Å². The minimum Gasteiger partial charge on any atom is -0.480 e. The van der Waals surface area contributed by atoms with E-state index in [0.717, 1.165) is 50.4 Å². The summed E-state index contributed by atoms with van der Waals surface area (Å²) in [5, 5.41) is 0. The van der Waals surface area contributed by atoms with E-state index < -0.39 is 5.60 Å². The molecule has 1 unspecified atom stereocenters. The quantitative estimate of drug-likeness (QED) is 0.822. The van der Waals surface area contributed by atoms with Gasteiger partial charge in [-0.1, -0.05) is 0 Å². The van der Waals surface area contributed by atoms with Gasteiger partial charge in [0.15, 0.2) is 0 Å². The van der Waals surface area contributed by atoms with Crippen LogP contribution in [0.1, 0.15) is 39.3 Å². The van der Waals surface area contributed by atoms with Crippen molar-refractivity contribution in [1.29, 1.82) is 0 Å². The number of carbonyl (C=O) groups is 1. The van der Waals surface area contributed by atoms with Crippen molar-refractivity contribution in [3.05, 3.63) is 17.8 Å². The first kappa shape index (κ1) is 17.8. The summed E-state index contributed by atoms with van der Waals surface area (Å²) in [6.07, 6.45) is 1.89. The Labute approximate surface area is 150 Å². The van der Waals surface area contributed by atoms with E-state index in [9.17, 15) is 4.79 Å². The number of hydrogen-bond acceptors (Lipinski definition) is 5. The monoisotopic (exact) mass is 347 g/mol. The van der Waals surface area contributed by atoms with Gasteiger partial charge in [-0.15, -0.1) is 0 Å². The van der Waals surface area contributed by atoms with Gasteiger partial charge in [-0.2, -0.15) is 0 Å². The third-order valence-corrected chi connectivity index (χ3v) is 5.04. The molecule has 6 nitrogen and oxygen atoms in total. The lowest BCUT2D eigenvalue weighted by molar-refractivity contribution is 0.0276. The number of pyridine rings is 1. The number of carbonyl (C=O) groups excluding carboxylic acids is 1. The van der Waals surface area contributed by atoms with Crippen LogP contribution in [-0.4, -0.2) is 54.9 Å². The van der Waals surface area contributed by atoms with E-state index >= 15 is 0 Å². The van der Waals surface area contributed by atoms with Crippen LogP contribution in [0.4, 0.5) is 10.5 Å². The fourth-order valence-corrected chi connectivity index (χ4v) is 3.81. The number of methoxy groups -OCH3 is 1. The molecule has 1 amide bonds. The lowest BCUT2D eigenvalue weighted by Crippen LogP contribution is -2.37. The summed E-state index contributed by atoms with van der Waals surface area (Å²) < 4.78 is 11.0. The number of nitrogens with zero attached hydrogens (tertiary/aromatic N) is 3. The summed E-state index contributed by atoms with van der Waals surface area (Å²) in [5.41, 5.74) is 1.69. The number of amides is 1. The first-order valence-corrected chi connectivity index (χ1v) is 8.96. The van der Waals surface area contributed by atoms with Crippen LogP contribution < -0.4 is 9.64 Å². The molecule has 138 valence electrons. The van der Waals surface area contributed by atoms with Crippen molar-refractivity contribution in [2.45, 2.75) is 46.1 Å². The molecular weight excluding hydrogens is 318 g/mol. The fraction of sp³-hybridized carbons (Fsp3) is 0.684. The highest BCUT2D eigenvalue weighted by Crippen LogP contribution is 2.43. The van der Waals surface area contributed by atoms with Crippen LogP contribution in [0.25, 0.3) is 0 Å². The van der Waals surface area contributed by atoms with Crippen molar-refractivity contribution in [3.8, 4) is 5.88 Å². The lowest BCUT2D eigenvalue weighted by Gasteiger charge is -2.27. The number of hydrogen-bond donors (Lipinski definition) is 0. The van der Waals surface area contributed by atoms with Crippen LogP contribution >= 0.6 is 0 Å². The van der Waals surface area contributed by atoms with E-state index in [1.165, 1.54) is 0 Å². The van der Waals surface area contributed by atoms with Crippen LogP contribution in [0, 0.1) is 12.3 Å². The Bertz CT molecular complexity index is 656. The largest absolute Gasteiger partial charge is 0.480 e. The van der Waals surface area contributed by atoms with E-state index in [0.29, 0.717) is 5.88 Å². The predicted octanol–water partition coefficient (Wildman–Crippen LogP) is 3.24. The summed E-state index contributed by atoms with van der Waals surface area (Å²) in [6.45, 7) is 11.1. The summed E-state index contributed by atoms with van der Waals surface area (Å²) in [6, 6.07) is 4.10. The minimum atomic E-state index is -0.449. The Kier molecular flexibility index (Phi) is 4.56. The van der Waals surface area contributed by atoms with Crippen molar-refractivity contribution in [3.63, 3.8) is 0 Å². The Morgan fingerprint density at radius 1 is 1.20 bits per heavy atom. The predicted molar refractivity (Wildman–Crippen MR) is 97.2 cm³/mol. The van der Waals surface area contributed by atoms with Crippen molar-refractivity contribution < 1.29 is 14.3 Å². The average Bonchev–Trinajstić information content (AvgIpc) is 3.13. The maximum absolute atomic E-state index is 12.4. The molecule has 6 heteroatoms. The second-order valence-corrected chi connectivity index (χ2v) is 8.30. The highest BCUT2D eigenvalue weighted by Gasteiger charge is 2.46. The zero-order chi connectivity index (χ0) is 18.2. The van der Waals surface area contributed by atoms with E-state index in [-0.39, 0.29) is 11.5 Å². The molecule has 0 saturated carbocycles. The van der Waals surface area contributed by atoms with Crippen LogP contribution in [0.3, 0.4) is 0 Å². The first-order valence-electron chi connectivity index (χ1n) is 8.96. The van der Waals surface area contributed by atoms with E-state index in [1.54, 1.807) is 7.11 Å². The molecule has 3 rings (SSSR count). The average molecular weight is 347 g/mol. The van der Waals surface area contributed by atoms with Crippen molar-refractivity contribution in [2.24, 2.45) is 5.41 Å². The molecule has 2 aliphatic rings. The summed E-state index contributed by atoms with van der Waals surface area (Å²) in [5.74, 6) is 0.680. The molecule has 0 radical (unpaired) electrons. The normalized spacial score (nSPS) is 23.4. The van der Waals surface area contributed by atoms with E-state index in [1.807, 2.05) is 38.7 Å². The van der Waals surface area contributed by atoms with Gasteiger partial charge in [0.2, 0.25) is 5.88 Å². The van der Waals surface area contributed by atoms with Gasteiger partial charge < -0.3 is 19.3 Å². The zero-order valence-electron chi connectivity index (χ0n) is 16.0. The SMILES string of the molecule is COc1nc(C)ccc1N1CCC2(CCN(C(=O)OC(C)(C)C)C2)C1. The molecule has 1 aromatic rings. The molecule has 2 saturated heterocycles. The van der Waals surface area contributed by atoms with Gasteiger partial charge in [-0.25, -0.2) is 9.78 Å². The summed E-state index contributed by atoms with van der Waals surface area (Å²) in [4.78, 5) is 21.0. The van der Waals surface area contributed by atoms with E-state index in [2.05, 4.69) is 16.0 Å². The van der Waals surface area contributed by atoms with Gasteiger partial charge in [-0.3, -0.25) is 0 Å². The number of aromatic nitrogens is 1. The van der Waals surface area contributed by atoms with Gasteiger partial charge in [-0.05, 0) is 52.7 Å². The molecule has 25 heavy (non-hydrogen) atoms. The zero-order valence-corrected chi connectivity index (χ0v) is 16.0. The van der Waals surface area contributed by atoms with Crippen molar-refractivity contribution in [1.82, 2.24) is 9.88 Å². The second-order valence-electron chi connectivity index (χ2n) is 8.30. The Hall–Kier alpha value is -1.98. The fourth-order valence-electron chi connectivity index (χ4n) is 3.81. The second kappa shape index (κ2) is 6.39. The van der Waals surface area contributed by atoms with Crippen LogP contribution in [0.5, 0.6) is 5.88 Å². The van der Waals surface area contributed by atoms with Gasteiger partial charge >= 0.3 is 6.09 Å². The molecule has 0 bridgehead atoms. The molecule has 0 N–H and O–H groups in total. The molecule has 1 aromatic heterocycles. The Morgan fingerprint density at radius 2 is 1.92 bits per heavy atom. The molecule has 2 fully saturated rings. The molecule has 1 atom stereocenters. The standard InChI is InChI=1S/C19H29N3O3/c1-14-6-7-15(16(20-14)24-5)21-10-8-19(12-21)9-11-22(13-19)17(23)25-18(2,3)4/h6-7H,8-13H2,1-5H3. The Morgan fingerprint density at radius 3 is 2.60 bits per heavy atom. The summed E-state index contributed by atoms with van der Waals surface area (Å²) in [7, 11) is 1.66. The van der Waals surface area contributed by atoms with Gasteiger partial charge in [0.1, 0.15) is 5.60 Å². The highest BCUT2D eigenvalue weighted by atomic mass is 16.6. The highest BCUT2D eigenvalue weighted by molar-refractivity contribution is 5.68. The molecule has 3 heterocycles. The topological polar surface area (TPSA) is 54.9 Å². The number of likely N-dealkylation sites (tertiary alicyclic amines) is 1. The summed E-state index contributed by atoms with van der Waals surface area (Å²) >= 11 is 0. The van der Waals surface area contributed by atoms with Crippen LogP contribution in [0.15, 0.2) is 12.1 Å². The maximum atomic E-state index is 12.4. The van der Waals surface area contributed by atoms with E-state index in [4.69, 9.17) is 9.47 Å².